The average molecular weight is 239 g/mol. The number of aliphatic carboxylic acids is 1. The molecule has 1 atom stereocenters. The van der Waals surface area contributed by atoms with Crippen LogP contribution in [-0.2, 0) is 11.3 Å². The molecule has 5 heteroatoms. The Morgan fingerprint density at radius 3 is 2.65 bits per heavy atom. The molecule has 17 heavy (non-hydrogen) atoms. The molecule has 0 aromatic heterocycles. The van der Waals surface area contributed by atoms with E-state index in [1.807, 2.05) is 0 Å². The van der Waals surface area contributed by atoms with E-state index in [2.05, 4.69) is 0 Å². The van der Waals surface area contributed by atoms with Crippen molar-refractivity contribution in [2.24, 2.45) is 0 Å². The fourth-order valence-electron chi connectivity index (χ4n) is 1.45. The molecule has 1 aromatic carbocycles. The number of phenols is 1. The Morgan fingerprint density at radius 1 is 1.53 bits per heavy atom. The number of carboxylic acids is 1. The molecular formula is C12H17NO4. The van der Waals surface area contributed by atoms with Gasteiger partial charge in [0, 0.05) is 6.54 Å². The number of benzene rings is 1. The SMILES string of the molecule is COc1ccc(CN(C)C(C)C(=O)O)cc1O. The Kier molecular flexibility index (Phi) is 4.34. The van der Waals surface area contributed by atoms with E-state index < -0.39 is 12.0 Å². The van der Waals surface area contributed by atoms with Gasteiger partial charge in [0.15, 0.2) is 11.5 Å². The van der Waals surface area contributed by atoms with E-state index in [0.717, 1.165) is 5.56 Å². The van der Waals surface area contributed by atoms with Gasteiger partial charge in [-0.1, -0.05) is 6.07 Å². The number of likely N-dealkylation sites (N-methyl/N-ethyl adjacent to an activating group) is 1. The van der Waals surface area contributed by atoms with E-state index in [0.29, 0.717) is 12.3 Å². The predicted molar refractivity (Wildman–Crippen MR) is 63.2 cm³/mol. The second kappa shape index (κ2) is 5.54. The van der Waals surface area contributed by atoms with Crippen LogP contribution in [0.25, 0.3) is 0 Å². The maximum Gasteiger partial charge on any atom is 0.320 e. The first-order valence-corrected chi connectivity index (χ1v) is 5.24. The number of hydrogen-bond acceptors (Lipinski definition) is 4. The molecule has 0 spiro atoms. The van der Waals surface area contributed by atoms with Crippen molar-refractivity contribution in [3.05, 3.63) is 23.8 Å². The third-order valence-corrected chi connectivity index (χ3v) is 2.69. The maximum atomic E-state index is 10.8. The highest BCUT2D eigenvalue weighted by molar-refractivity contribution is 5.72. The van der Waals surface area contributed by atoms with Crippen LogP contribution in [0.2, 0.25) is 0 Å². The highest BCUT2D eigenvalue weighted by Crippen LogP contribution is 2.26. The predicted octanol–water partition coefficient (Wildman–Crippen LogP) is 1.31. The highest BCUT2D eigenvalue weighted by atomic mass is 16.5. The second-order valence-electron chi connectivity index (χ2n) is 3.94. The van der Waals surface area contributed by atoms with E-state index in [9.17, 15) is 9.90 Å². The molecule has 0 heterocycles. The number of carbonyl (C=O) groups is 1. The van der Waals surface area contributed by atoms with Crippen molar-refractivity contribution in [1.29, 1.82) is 0 Å². The Morgan fingerprint density at radius 2 is 2.18 bits per heavy atom. The molecule has 1 aromatic rings. The zero-order valence-corrected chi connectivity index (χ0v) is 10.2. The topological polar surface area (TPSA) is 70.0 Å². The van der Waals surface area contributed by atoms with E-state index in [1.54, 1.807) is 37.1 Å². The lowest BCUT2D eigenvalue weighted by Gasteiger charge is -2.21. The van der Waals surface area contributed by atoms with E-state index in [-0.39, 0.29) is 5.75 Å². The minimum absolute atomic E-state index is 0.0568. The van der Waals surface area contributed by atoms with Crippen LogP contribution in [0.5, 0.6) is 11.5 Å². The van der Waals surface area contributed by atoms with Crippen molar-refractivity contribution < 1.29 is 19.7 Å². The Labute approximate surface area is 100 Å². The van der Waals surface area contributed by atoms with E-state index >= 15 is 0 Å². The Bertz CT molecular complexity index is 405. The molecule has 2 N–H and O–H groups in total. The minimum atomic E-state index is -0.870. The second-order valence-corrected chi connectivity index (χ2v) is 3.94. The quantitative estimate of drug-likeness (QED) is 0.810. The number of rotatable bonds is 5. The first-order valence-electron chi connectivity index (χ1n) is 5.24. The molecule has 0 bridgehead atoms. The number of hydrogen-bond donors (Lipinski definition) is 2. The standard InChI is InChI=1S/C12H17NO4/c1-8(12(15)16)13(2)7-9-4-5-11(17-3)10(14)6-9/h4-6,8,14H,7H2,1-3H3,(H,15,16). The van der Waals surface area contributed by atoms with Crippen molar-refractivity contribution in [2.75, 3.05) is 14.2 Å². The molecule has 0 aliphatic heterocycles. The van der Waals surface area contributed by atoms with Gasteiger partial charge in [0.25, 0.3) is 0 Å². The lowest BCUT2D eigenvalue weighted by molar-refractivity contribution is -0.142. The maximum absolute atomic E-state index is 10.8. The van der Waals surface area contributed by atoms with Crippen LogP contribution < -0.4 is 4.74 Å². The molecule has 0 aliphatic rings. The van der Waals surface area contributed by atoms with Gasteiger partial charge in [-0.25, -0.2) is 0 Å². The molecule has 0 saturated carbocycles. The van der Waals surface area contributed by atoms with Crippen LogP contribution >= 0.6 is 0 Å². The summed E-state index contributed by atoms with van der Waals surface area (Å²) in [6.45, 7) is 2.07. The Balaban J connectivity index is 2.75. The van der Waals surface area contributed by atoms with Crippen molar-refractivity contribution in [1.82, 2.24) is 4.90 Å². The summed E-state index contributed by atoms with van der Waals surface area (Å²) in [4.78, 5) is 12.5. The third-order valence-electron chi connectivity index (χ3n) is 2.69. The first kappa shape index (κ1) is 13.3. The number of nitrogens with zero attached hydrogens (tertiary/aromatic N) is 1. The van der Waals surface area contributed by atoms with Gasteiger partial charge in [-0.2, -0.15) is 0 Å². The number of ether oxygens (including phenoxy) is 1. The summed E-state index contributed by atoms with van der Waals surface area (Å²) in [7, 11) is 3.20. The molecule has 0 radical (unpaired) electrons. The normalized spacial score (nSPS) is 12.5. The fraction of sp³-hybridized carbons (Fsp3) is 0.417. The van der Waals surface area contributed by atoms with Crippen LogP contribution in [0.15, 0.2) is 18.2 Å². The minimum Gasteiger partial charge on any atom is -0.504 e. The van der Waals surface area contributed by atoms with Crippen LogP contribution in [0, 0.1) is 0 Å². The van der Waals surface area contributed by atoms with Crippen LogP contribution in [0.1, 0.15) is 12.5 Å². The van der Waals surface area contributed by atoms with E-state index in [4.69, 9.17) is 9.84 Å². The van der Waals surface area contributed by atoms with E-state index in [1.165, 1.54) is 7.11 Å². The van der Waals surface area contributed by atoms with Crippen LogP contribution in [0.4, 0.5) is 0 Å². The first-order chi connectivity index (χ1) is 7.95. The molecule has 1 unspecified atom stereocenters. The molecule has 0 amide bonds. The number of phenolic OH excluding ortho intramolecular Hbond substituents is 1. The highest BCUT2D eigenvalue weighted by Gasteiger charge is 2.17. The summed E-state index contributed by atoms with van der Waals surface area (Å²) in [5.74, 6) is -0.408. The summed E-state index contributed by atoms with van der Waals surface area (Å²) in [5, 5.41) is 18.4. The number of carboxylic acid groups (broad SMARTS) is 1. The molecule has 1 rings (SSSR count). The van der Waals surface area contributed by atoms with Gasteiger partial charge in [-0.3, -0.25) is 9.69 Å². The van der Waals surface area contributed by atoms with Gasteiger partial charge in [0.1, 0.15) is 6.04 Å². The Hall–Kier alpha value is -1.75. The lowest BCUT2D eigenvalue weighted by Crippen LogP contribution is -2.35. The molecule has 5 nitrogen and oxygen atoms in total. The van der Waals surface area contributed by atoms with Gasteiger partial charge < -0.3 is 14.9 Å². The number of aromatic hydroxyl groups is 1. The van der Waals surface area contributed by atoms with Crippen LogP contribution in [-0.4, -0.2) is 41.3 Å². The van der Waals surface area contributed by atoms with Gasteiger partial charge >= 0.3 is 5.97 Å². The molecule has 0 fully saturated rings. The summed E-state index contributed by atoms with van der Waals surface area (Å²) < 4.78 is 4.93. The monoisotopic (exact) mass is 239 g/mol. The van der Waals surface area contributed by atoms with Gasteiger partial charge in [-0.15, -0.1) is 0 Å². The van der Waals surface area contributed by atoms with Crippen molar-refractivity contribution in [3.8, 4) is 11.5 Å². The number of methoxy groups -OCH3 is 1. The molecule has 0 saturated heterocycles. The summed E-state index contributed by atoms with van der Waals surface area (Å²) in [6.07, 6.45) is 0. The summed E-state index contributed by atoms with van der Waals surface area (Å²) >= 11 is 0. The van der Waals surface area contributed by atoms with Gasteiger partial charge in [0.2, 0.25) is 0 Å². The smallest absolute Gasteiger partial charge is 0.320 e. The third kappa shape index (κ3) is 3.35. The molecular weight excluding hydrogens is 222 g/mol. The van der Waals surface area contributed by atoms with Crippen molar-refractivity contribution in [3.63, 3.8) is 0 Å². The largest absolute Gasteiger partial charge is 0.504 e. The zero-order chi connectivity index (χ0) is 13.0. The summed E-state index contributed by atoms with van der Waals surface area (Å²) in [6, 6.07) is 4.46. The van der Waals surface area contributed by atoms with Crippen molar-refractivity contribution in [2.45, 2.75) is 19.5 Å². The lowest BCUT2D eigenvalue weighted by atomic mass is 10.1. The van der Waals surface area contributed by atoms with Crippen LogP contribution in [0.3, 0.4) is 0 Å². The molecule has 94 valence electrons. The molecule has 0 aliphatic carbocycles. The zero-order valence-electron chi connectivity index (χ0n) is 10.2. The average Bonchev–Trinajstić information content (AvgIpc) is 2.28. The van der Waals surface area contributed by atoms with Gasteiger partial charge in [-0.05, 0) is 31.7 Å². The fourth-order valence-corrected chi connectivity index (χ4v) is 1.45. The van der Waals surface area contributed by atoms with Crippen molar-refractivity contribution >= 4 is 5.97 Å². The summed E-state index contributed by atoms with van der Waals surface area (Å²) in [5.41, 5.74) is 0.832. The van der Waals surface area contributed by atoms with Gasteiger partial charge in [0.05, 0.1) is 7.11 Å².